The first-order valence-corrected chi connectivity index (χ1v) is 6.30. The SMILES string of the molecule is Cn1c(=O)c(-c2ccc(C#N)cc2)cc2ccccc21. The average molecular weight is 260 g/mol. The second kappa shape index (κ2) is 4.67. The molecule has 0 N–H and O–H groups in total. The number of hydrogen-bond acceptors (Lipinski definition) is 2. The lowest BCUT2D eigenvalue weighted by Gasteiger charge is -2.08. The maximum Gasteiger partial charge on any atom is 0.258 e. The molecule has 0 radical (unpaired) electrons. The predicted molar refractivity (Wildman–Crippen MR) is 79.3 cm³/mol. The van der Waals surface area contributed by atoms with E-state index in [0.29, 0.717) is 11.1 Å². The monoisotopic (exact) mass is 260 g/mol. The number of aryl methyl sites for hydroxylation is 1. The molecule has 3 rings (SSSR count). The van der Waals surface area contributed by atoms with Gasteiger partial charge in [-0.2, -0.15) is 5.26 Å². The van der Waals surface area contributed by atoms with Gasteiger partial charge in [0.2, 0.25) is 0 Å². The lowest BCUT2D eigenvalue weighted by molar-refractivity contribution is 0.909. The van der Waals surface area contributed by atoms with E-state index in [4.69, 9.17) is 5.26 Å². The summed E-state index contributed by atoms with van der Waals surface area (Å²) in [4.78, 5) is 12.4. The zero-order valence-corrected chi connectivity index (χ0v) is 11.0. The molecule has 0 saturated heterocycles. The van der Waals surface area contributed by atoms with Gasteiger partial charge in [0.25, 0.3) is 5.56 Å². The first-order chi connectivity index (χ1) is 9.70. The van der Waals surface area contributed by atoms with Gasteiger partial charge in [-0.1, -0.05) is 30.3 Å². The highest BCUT2D eigenvalue weighted by molar-refractivity contribution is 5.84. The molecule has 3 nitrogen and oxygen atoms in total. The molecule has 20 heavy (non-hydrogen) atoms. The Labute approximate surface area is 116 Å². The second-order valence-electron chi connectivity index (χ2n) is 4.67. The van der Waals surface area contributed by atoms with Crippen LogP contribution < -0.4 is 5.56 Å². The number of fused-ring (bicyclic) bond motifs is 1. The van der Waals surface area contributed by atoms with Gasteiger partial charge in [0, 0.05) is 12.6 Å². The number of para-hydroxylation sites is 1. The topological polar surface area (TPSA) is 45.8 Å². The van der Waals surface area contributed by atoms with Crippen LogP contribution in [0, 0.1) is 11.3 Å². The second-order valence-corrected chi connectivity index (χ2v) is 4.67. The molecule has 0 aliphatic heterocycles. The molecule has 0 unspecified atom stereocenters. The highest BCUT2D eigenvalue weighted by Gasteiger charge is 2.08. The van der Waals surface area contributed by atoms with Crippen molar-refractivity contribution in [1.29, 1.82) is 5.26 Å². The van der Waals surface area contributed by atoms with E-state index < -0.39 is 0 Å². The molecule has 1 aromatic heterocycles. The summed E-state index contributed by atoms with van der Waals surface area (Å²) in [5.41, 5.74) is 2.95. The standard InChI is InChI=1S/C17H12N2O/c1-19-16-5-3-2-4-14(16)10-15(17(19)20)13-8-6-12(11-18)7-9-13/h2-10H,1H3. The van der Waals surface area contributed by atoms with Crippen LogP contribution in [-0.2, 0) is 7.05 Å². The summed E-state index contributed by atoms with van der Waals surface area (Å²) in [5.74, 6) is 0. The van der Waals surface area contributed by atoms with Gasteiger partial charge in [0.15, 0.2) is 0 Å². The minimum absolute atomic E-state index is 0.0339. The van der Waals surface area contributed by atoms with Crippen LogP contribution in [0.4, 0.5) is 0 Å². The first kappa shape index (κ1) is 12.2. The highest BCUT2D eigenvalue weighted by atomic mass is 16.1. The molecule has 2 aromatic carbocycles. The van der Waals surface area contributed by atoms with E-state index in [1.165, 1.54) is 0 Å². The van der Waals surface area contributed by atoms with Crippen LogP contribution in [0.15, 0.2) is 59.4 Å². The van der Waals surface area contributed by atoms with Crippen molar-refractivity contribution < 1.29 is 0 Å². The Balaban J connectivity index is 2.28. The fourth-order valence-electron chi connectivity index (χ4n) is 2.35. The van der Waals surface area contributed by atoms with Crippen molar-refractivity contribution in [2.45, 2.75) is 0 Å². The van der Waals surface area contributed by atoms with Crippen molar-refractivity contribution in [3.8, 4) is 17.2 Å². The Hall–Kier alpha value is -2.86. The number of rotatable bonds is 1. The van der Waals surface area contributed by atoms with E-state index >= 15 is 0 Å². The molecule has 3 heteroatoms. The summed E-state index contributed by atoms with van der Waals surface area (Å²) in [6, 6.07) is 18.8. The van der Waals surface area contributed by atoms with Crippen LogP contribution in [0.3, 0.4) is 0 Å². The summed E-state index contributed by atoms with van der Waals surface area (Å²) in [6.45, 7) is 0. The van der Waals surface area contributed by atoms with Gasteiger partial charge >= 0.3 is 0 Å². The first-order valence-electron chi connectivity index (χ1n) is 6.30. The molecule has 0 aliphatic rings. The molecule has 96 valence electrons. The van der Waals surface area contributed by atoms with E-state index in [0.717, 1.165) is 16.5 Å². The Morgan fingerprint density at radius 2 is 1.75 bits per heavy atom. The minimum atomic E-state index is -0.0339. The molecule has 0 saturated carbocycles. The minimum Gasteiger partial charge on any atom is -0.311 e. The fourth-order valence-corrected chi connectivity index (χ4v) is 2.35. The lowest BCUT2D eigenvalue weighted by Crippen LogP contribution is -2.18. The zero-order chi connectivity index (χ0) is 14.1. The number of pyridine rings is 1. The molecule has 0 amide bonds. The van der Waals surface area contributed by atoms with Crippen molar-refractivity contribution >= 4 is 10.9 Å². The summed E-state index contributed by atoms with van der Waals surface area (Å²) in [7, 11) is 1.78. The van der Waals surface area contributed by atoms with E-state index in [9.17, 15) is 4.79 Å². The zero-order valence-electron chi connectivity index (χ0n) is 11.0. The molecule has 0 spiro atoms. The van der Waals surface area contributed by atoms with E-state index in [2.05, 4.69) is 6.07 Å². The largest absolute Gasteiger partial charge is 0.311 e. The third-order valence-electron chi connectivity index (χ3n) is 3.46. The van der Waals surface area contributed by atoms with Gasteiger partial charge in [-0.25, -0.2) is 0 Å². The van der Waals surface area contributed by atoms with E-state index in [1.807, 2.05) is 42.5 Å². The number of aromatic nitrogens is 1. The van der Waals surface area contributed by atoms with Crippen LogP contribution in [-0.4, -0.2) is 4.57 Å². The van der Waals surface area contributed by atoms with Crippen molar-refractivity contribution in [3.05, 3.63) is 70.5 Å². The molecule has 3 aromatic rings. The Morgan fingerprint density at radius 1 is 1.05 bits per heavy atom. The number of benzene rings is 2. The third-order valence-corrected chi connectivity index (χ3v) is 3.46. The quantitative estimate of drug-likeness (QED) is 0.675. The van der Waals surface area contributed by atoms with Crippen molar-refractivity contribution in [2.24, 2.45) is 7.05 Å². The van der Waals surface area contributed by atoms with Crippen LogP contribution in [0.2, 0.25) is 0 Å². The maximum atomic E-state index is 12.4. The third kappa shape index (κ3) is 1.88. The van der Waals surface area contributed by atoms with Crippen molar-refractivity contribution in [1.82, 2.24) is 4.57 Å². The molecule has 0 atom stereocenters. The number of nitrogens with zero attached hydrogens (tertiary/aromatic N) is 2. The van der Waals surface area contributed by atoms with Gasteiger partial charge in [-0.3, -0.25) is 4.79 Å². The predicted octanol–water partition coefficient (Wildman–Crippen LogP) is 3.08. The Kier molecular flexibility index (Phi) is 2.85. The molecule has 0 bridgehead atoms. The number of nitriles is 1. The average Bonchev–Trinajstić information content (AvgIpc) is 2.51. The maximum absolute atomic E-state index is 12.4. The molecular formula is C17H12N2O. The van der Waals surface area contributed by atoms with E-state index in [1.54, 1.807) is 23.7 Å². The van der Waals surface area contributed by atoms with E-state index in [-0.39, 0.29) is 5.56 Å². The van der Waals surface area contributed by atoms with Crippen molar-refractivity contribution in [3.63, 3.8) is 0 Å². The summed E-state index contributed by atoms with van der Waals surface area (Å²) in [6.07, 6.45) is 0. The Bertz CT molecular complexity index is 883. The molecular weight excluding hydrogens is 248 g/mol. The van der Waals surface area contributed by atoms with Gasteiger partial charge in [-0.05, 0) is 35.2 Å². The lowest BCUT2D eigenvalue weighted by atomic mass is 10.0. The van der Waals surface area contributed by atoms with Gasteiger partial charge < -0.3 is 4.57 Å². The Morgan fingerprint density at radius 3 is 2.45 bits per heavy atom. The highest BCUT2D eigenvalue weighted by Crippen LogP contribution is 2.20. The van der Waals surface area contributed by atoms with Crippen LogP contribution >= 0.6 is 0 Å². The normalized spacial score (nSPS) is 10.4. The smallest absolute Gasteiger partial charge is 0.258 e. The summed E-state index contributed by atoms with van der Waals surface area (Å²) >= 11 is 0. The molecule has 0 fully saturated rings. The summed E-state index contributed by atoms with van der Waals surface area (Å²) in [5, 5.41) is 9.85. The molecule has 0 aliphatic carbocycles. The van der Waals surface area contributed by atoms with Gasteiger partial charge in [0.05, 0.1) is 17.1 Å². The van der Waals surface area contributed by atoms with Crippen LogP contribution in [0.25, 0.3) is 22.0 Å². The fraction of sp³-hybridized carbons (Fsp3) is 0.0588. The van der Waals surface area contributed by atoms with Gasteiger partial charge in [0.1, 0.15) is 0 Å². The molecule has 1 heterocycles. The van der Waals surface area contributed by atoms with Crippen molar-refractivity contribution in [2.75, 3.05) is 0 Å². The number of hydrogen-bond donors (Lipinski definition) is 0. The van der Waals surface area contributed by atoms with Gasteiger partial charge in [-0.15, -0.1) is 0 Å². The van der Waals surface area contributed by atoms with Crippen LogP contribution in [0.1, 0.15) is 5.56 Å². The summed E-state index contributed by atoms with van der Waals surface area (Å²) < 4.78 is 1.66. The van der Waals surface area contributed by atoms with Crippen LogP contribution in [0.5, 0.6) is 0 Å².